The summed E-state index contributed by atoms with van der Waals surface area (Å²) in [6.07, 6.45) is 4.13. The van der Waals surface area contributed by atoms with Crippen LogP contribution in [-0.4, -0.2) is 44.6 Å². The maximum absolute atomic E-state index is 13.1. The van der Waals surface area contributed by atoms with Gasteiger partial charge in [-0.1, -0.05) is 48.5 Å². The van der Waals surface area contributed by atoms with Crippen LogP contribution in [0.2, 0.25) is 0 Å². The topological polar surface area (TPSA) is 87.2 Å². The van der Waals surface area contributed by atoms with Gasteiger partial charge < -0.3 is 10.2 Å². The number of anilines is 2. The van der Waals surface area contributed by atoms with Crippen molar-refractivity contribution in [3.8, 4) is 0 Å². The molecule has 0 bridgehead atoms. The minimum Gasteiger partial charge on any atom is -0.356 e. The average Bonchev–Trinajstić information content (AvgIpc) is 2.96. The first-order valence-electron chi connectivity index (χ1n) is 13.7. The van der Waals surface area contributed by atoms with Crippen molar-refractivity contribution >= 4 is 43.5 Å². The summed E-state index contributed by atoms with van der Waals surface area (Å²) in [6.45, 7) is 7.38. The van der Waals surface area contributed by atoms with Gasteiger partial charge in [-0.15, -0.1) is 0 Å². The van der Waals surface area contributed by atoms with Crippen molar-refractivity contribution in [3.05, 3.63) is 66.7 Å². The van der Waals surface area contributed by atoms with E-state index >= 15 is 0 Å². The fraction of sp³-hybridized carbons (Fsp3) is 0.400. The van der Waals surface area contributed by atoms with Gasteiger partial charge in [0, 0.05) is 37.0 Å². The molecular formula is C30H37N5O2S. The lowest BCUT2D eigenvalue weighted by molar-refractivity contribution is 0.284. The highest BCUT2D eigenvalue weighted by molar-refractivity contribution is 7.89. The van der Waals surface area contributed by atoms with Gasteiger partial charge in [-0.3, -0.25) is 0 Å². The van der Waals surface area contributed by atoms with Crippen molar-refractivity contribution in [2.45, 2.75) is 44.4 Å². The molecule has 3 aromatic carbocycles. The molecule has 1 aromatic heterocycles. The molecule has 0 saturated heterocycles. The third-order valence-corrected chi connectivity index (χ3v) is 9.24. The number of para-hydroxylation sites is 1. The van der Waals surface area contributed by atoms with Gasteiger partial charge in [-0.2, -0.15) is 4.98 Å². The van der Waals surface area contributed by atoms with Crippen molar-refractivity contribution in [3.63, 3.8) is 0 Å². The second-order valence-corrected chi connectivity index (χ2v) is 11.9. The molecule has 0 atom stereocenters. The van der Waals surface area contributed by atoms with Crippen LogP contribution in [-0.2, 0) is 10.0 Å². The first-order valence-corrected chi connectivity index (χ1v) is 15.2. The molecule has 2 N–H and O–H groups in total. The minimum atomic E-state index is -3.56. The fourth-order valence-electron chi connectivity index (χ4n) is 5.51. The summed E-state index contributed by atoms with van der Waals surface area (Å²) in [6, 6.07) is 21.2. The summed E-state index contributed by atoms with van der Waals surface area (Å²) in [5.74, 6) is 2.52. The molecule has 1 fully saturated rings. The van der Waals surface area contributed by atoms with Gasteiger partial charge in [0.1, 0.15) is 5.82 Å². The summed E-state index contributed by atoms with van der Waals surface area (Å²) < 4.78 is 29.1. The number of aromatic nitrogens is 2. The largest absolute Gasteiger partial charge is 0.356 e. The summed E-state index contributed by atoms with van der Waals surface area (Å²) in [5.41, 5.74) is 0.953. The Balaban J connectivity index is 1.16. The monoisotopic (exact) mass is 531 g/mol. The molecule has 4 aromatic rings. The third-order valence-electron chi connectivity index (χ3n) is 7.76. The van der Waals surface area contributed by atoms with Gasteiger partial charge in [0.2, 0.25) is 16.0 Å². The zero-order chi connectivity index (χ0) is 26.5. The summed E-state index contributed by atoms with van der Waals surface area (Å²) in [7, 11) is -3.56. The third kappa shape index (κ3) is 5.76. The lowest BCUT2D eigenvalue weighted by Crippen LogP contribution is -2.32. The zero-order valence-electron chi connectivity index (χ0n) is 22.2. The molecule has 0 aliphatic heterocycles. The average molecular weight is 532 g/mol. The second-order valence-electron chi connectivity index (χ2n) is 10.2. The van der Waals surface area contributed by atoms with Crippen molar-refractivity contribution < 1.29 is 8.42 Å². The Morgan fingerprint density at radius 3 is 2.16 bits per heavy atom. The quantitative estimate of drug-likeness (QED) is 0.268. The van der Waals surface area contributed by atoms with E-state index in [4.69, 9.17) is 9.97 Å². The first kappa shape index (κ1) is 26.4. The summed E-state index contributed by atoms with van der Waals surface area (Å²) in [5, 5.41) is 6.27. The Bertz CT molecular complexity index is 1490. The first-order chi connectivity index (χ1) is 18.5. The van der Waals surface area contributed by atoms with E-state index in [-0.39, 0.29) is 0 Å². The van der Waals surface area contributed by atoms with Gasteiger partial charge >= 0.3 is 0 Å². The Kier molecular flexibility index (Phi) is 8.09. The van der Waals surface area contributed by atoms with Gasteiger partial charge in [-0.25, -0.2) is 18.1 Å². The summed E-state index contributed by atoms with van der Waals surface area (Å²) >= 11 is 0. The van der Waals surface area contributed by atoms with Crippen molar-refractivity contribution in [2.75, 3.05) is 36.4 Å². The van der Waals surface area contributed by atoms with Crippen LogP contribution in [0, 0.1) is 11.8 Å². The molecule has 8 heteroatoms. The van der Waals surface area contributed by atoms with Crippen LogP contribution in [0.3, 0.4) is 0 Å². The predicted octanol–water partition coefficient (Wildman–Crippen LogP) is 5.83. The molecule has 0 radical (unpaired) electrons. The molecule has 1 saturated carbocycles. The predicted molar refractivity (Wildman–Crippen MR) is 156 cm³/mol. The van der Waals surface area contributed by atoms with E-state index in [1.54, 1.807) is 12.1 Å². The standard InChI is InChI=1S/C30H37N5O2S/c1-3-35(4-2)29-26-13-7-8-14-27(26)33-30(34-29)31-20-22-16-18-23(19-17-22)21-32-38(36,37)28-15-9-11-24-10-5-6-12-25(24)28/h5-15,22-23,32H,3-4,16-21H2,1-2H3,(H,31,33,34). The fourth-order valence-corrected chi connectivity index (χ4v) is 6.86. The summed E-state index contributed by atoms with van der Waals surface area (Å²) in [4.78, 5) is 12.3. The number of nitrogens with one attached hydrogen (secondary N) is 2. The highest BCUT2D eigenvalue weighted by Crippen LogP contribution is 2.30. The molecule has 38 heavy (non-hydrogen) atoms. The van der Waals surface area contributed by atoms with E-state index in [9.17, 15) is 8.42 Å². The molecule has 1 aliphatic rings. The second kappa shape index (κ2) is 11.7. The van der Waals surface area contributed by atoms with E-state index < -0.39 is 10.0 Å². The van der Waals surface area contributed by atoms with E-state index in [0.29, 0.717) is 29.2 Å². The molecular weight excluding hydrogens is 494 g/mol. The lowest BCUT2D eigenvalue weighted by atomic mass is 9.82. The number of benzene rings is 3. The van der Waals surface area contributed by atoms with E-state index in [1.165, 1.54) is 0 Å². The molecule has 5 rings (SSSR count). The Labute approximate surface area is 225 Å². The van der Waals surface area contributed by atoms with Gasteiger partial charge in [0.15, 0.2) is 0 Å². The smallest absolute Gasteiger partial charge is 0.241 e. The highest BCUT2D eigenvalue weighted by Gasteiger charge is 2.24. The van der Waals surface area contributed by atoms with Crippen molar-refractivity contribution in [2.24, 2.45) is 11.8 Å². The van der Waals surface area contributed by atoms with Crippen LogP contribution in [0.5, 0.6) is 0 Å². The van der Waals surface area contributed by atoms with Crippen molar-refractivity contribution in [1.29, 1.82) is 0 Å². The van der Waals surface area contributed by atoms with Crippen LogP contribution < -0.4 is 14.9 Å². The normalized spacial score (nSPS) is 18.1. The Hall–Kier alpha value is -3.23. The van der Waals surface area contributed by atoms with Crippen LogP contribution in [0.15, 0.2) is 71.6 Å². The number of sulfonamides is 1. The van der Waals surface area contributed by atoms with Crippen LogP contribution in [0.1, 0.15) is 39.5 Å². The van der Waals surface area contributed by atoms with E-state index in [0.717, 1.165) is 72.8 Å². The highest BCUT2D eigenvalue weighted by atomic mass is 32.2. The Morgan fingerprint density at radius 2 is 1.42 bits per heavy atom. The molecule has 200 valence electrons. The number of hydrogen-bond donors (Lipinski definition) is 2. The molecule has 7 nitrogen and oxygen atoms in total. The molecule has 0 unspecified atom stereocenters. The number of nitrogens with zero attached hydrogens (tertiary/aromatic N) is 3. The van der Waals surface area contributed by atoms with E-state index in [1.807, 2.05) is 48.5 Å². The van der Waals surface area contributed by atoms with Gasteiger partial charge in [0.25, 0.3) is 0 Å². The van der Waals surface area contributed by atoms with Gasteiger partial charge in [0.05, 0.1) is 10.4 Å². The van der Waals surface area contributed by atoms with Gasteiger partial charge in [-0.05, 0) is 75.0 Å². The lowest BCUT2D eigenvalue weighted by Gasteiger charge is -2.29. The molecule has 0 spiro atoms. The van der Waals surface area contributed by atoms with Crippen molar-refractivity contribution in [1.82, 2.24) is 14.7 Å². The Morgan fingerprint density at radius 1 is 0.789 bits per heavy atom. The van der Waals surface area contributed by atoms with Crippen LogP contribution in [0.25, 0.3) is 21.7 Å². The molecule has 1 aliphatic carbocycles. The molecule has 1 heterocycles. The molecule has 0 amide bonds. The zero-order valence-corrected chi connectivity index (χ0v) is 23.0. The van der Waals surface area contributed by atoms with Crippen LogP contribution in [0.4, 0.5) is 11.8 Å². The SMILES string of the molecule is CCN(CC)c1nc(NCC2CCC(CNS(=O)(=O)c3cccc4ccccc34)CC2)nc2ccccc12. The number of fused-ring (bicyclic) bond motifs is 2. The number of hydrogen-bond acceptors (Lipinski definition) is 6. The minimum absolute atomic E-state index is 0.349. The maximum Gasteiger partial charge on any atom is 0.241 e. The van der Waals surface area contributed by atoms with E-state index in [2.05, 4.69) is 34.9 Å². The maximum atomic E-state index is 13.1. The number of rotatable bonds is 10. The van der Waals surface area contributed by atoms with Crippen LogP contribution >= 0.6 is 0 Å².